The summed E-state index contributed by atoms with van der Waals surface area (Å²) in [6, 6.07) is 5.85. The van der Waals surface area contributed by atoms with Gasteiger partial charge in [0.1, 0.15) is 15.9 Å². The first-order chi connectivity index (χ1) is 21.5. The van der Waals surface area contributed by atoms with Crippen LogP contribution in [0, 0.1) is 23.7 Å². The van der Waals surface area contributed by atoms with Crippen LogP contribution >= 0.6 is 0 Å². The summed E-state index contributed by atoms with van der Waals surface area (Å²) in [6.45, 7) is 6.14. The molecule has 15 heteroatoms. The molecule has 2 aliphatic carbocycles. The Morgan fingerprint density at radius 1 is 1.15 bits per heavy atom. The van der Waals surface area contributed by atoms with Crippen LogP contribution in [0.4, 0.5) is 5.69 Å². The summed E-state index contributed by atoms with van der Waals surface area (Å²) < 4.78 is 53.3. The van der Waals surface area contributed by atoms with Gasteiger partial charge in [-0.25, -0.2) is 21.8 Å². The lowest BCUT2D eigenvalue weighted by molar-refractivity contribution is -0.129. The molecule has 1 saturated heterocycles. The van der Waals surface area contributed by atoms with Crippen molar-refractivity contribution in [3.05, 3.63) is 48.0 Å². The lowest BCUT2D eigenvalue weighted by Crippen LogP contribution is -2.59. The smallest absolute Gasteiger partial charge is 0.242 e. The molecule has 1 aromatic heterocycles. The van der Waals surface area contributed by atoms with E-state index in [9.17, 15) is 31.2 Å². The fraction of sp³-hybridized carbons (Fsp3) is 0.613. The lowest BCUT2D eigenvalue weighted by Gasteiger charge is -2.44. The summed E-state index contributed by atoms with van der Waals surface area (Å²) in [5, 5.41) is 5.72. The minimum absolute atomic E-state index is 0.0702. The molecule has 2 saturated carbocycles. The van der Waals surface area contributed by atoms with Crippen molar-refractivity contribution in [2.24, 2.45) is 16.7 Å². The topological polar surface area (TPSA) is 179 Å². The number of benzene rings is 1. The van der Waals surface area contributed by atoms with Crippen LogP contribution in [-0.2, 0) is 40.7 Å². The van der Waals surface area contributed by atoms with Crippen molar-refractivity contribution in [1.82, 2.24) is 24.9 Å². The Hall–Kier alpha value is -3.30. The van der Waals surface area contributed by atoms with Crippen molar-refractivity contribution < 1.29 is 31.2 Å². The number of imidazole rings is 1. The van der Waals surface area contributed by atoms with Crippen LogP contribution in [0.3, 0.4) is 0 Å². The zero-order valence-corrected chi connectivity index (χ0v) is 28.4. The van der Waals surface area contributed by atoms with Gasteiger partial charge < -0.3 is 20.5 Å². The Morgan fingerprint density at radius 2 is 1.89 bits per heavy atom. The summed E-state index contributed by atoms with van der Waals surface area (Å²) >= 11 is 0. The van der Waals surface area contributed by atoms with E-state index in [0.717, 1.165) is 23.9 Å². The van der Waals surface area contributed by atoms with E-state index in [0.29, 0.717) is 18.5 Å². The molecule has 1 aliphatic heterocycles. The second-order valence-corrected chi connectivity index (χ2v) is 17.9. The molecule has 1 aromatic carbocycles. The maximum Gasteiger partial charge on any atom is 0.242 e. The number of amides is 3. The zero-order chi connectivity index (χ0) is 33.5. The number of anilines is 1. The Balaban J connectivity index is 1.32. The predicted molar refractivity (Wildman–Crippen MR) is 173 cm³/mol. The second kappa shape index (κ2) is 12.7. The Bertz CT molecular complexity index is 1690. The quantitative estimate of drug-likeness (QED) is 0.300. The molecule has 3 N–H and O–H groups in total. The van der Waals surface area contributed by atoms with Gasteiger partial charge in [-0.05, 0) is 55.6 Å². The van der Waals surface area contributed by atoms with Gasteiger partial charge in [0.2, 0.25) is 27.7 Å². The number of piperazine rings is 1. The van der Waals surface area contributed by atoms with Crippen molar-refractivity contribution in [2.45, 2.75) is 65.0 Å². The van der Waals surface area contributed by atoms with E-state index in [2.05, 4.69) is 20.6 Å². The molecule has 46 heavy (non-hydrogen) atoms. The highest BCUT2D eigenvalue weighted by atomic mass is 32.2. The molecular weight excluding hydrogens is 633 g/mol. The number of hydrogen-bond acceptors (Lipinski definition) is 8. The molecule has 2 bridgehead atoms. The molecule has 4 atom stereocenters. The van der Waals surface area contributed by atoms with E-state index >= 15 is 0 Å². The number of para-hydroxylation sites is 1. The van der Waals surface area contributed by atoms with Gasteiger partial charge in [-0.2, -0.15) is 4.31 Å². The molecule has 3 fully saturated rings. The number of aryl methyl sites for hydroxylation is 1. The third kappa shape index (κ3) is 6.86. The third-order valence-electron chi connectivity index (χ3n) is 10.5. The number of fused-ring (bicyclic) bond motifs is 2. The lowest BCUT2D eigenvalue weighted by atomic mass is 9.69. The monoisotopic (exact) mass is 676 g/mol. The number of H-pyrrole nitrogens is 1. The number of nitrogens with one attached hydrogen (secondary N) is 3. The Kier molecular flexibility index (Phi) is 9.41. The molecule has 0 spiro atoms. The number of aromatic amines is 1. The molecule has 2 heterocycles. The fourth-order valence-corrected chi connectivity index (χ4v) is 10.6. The first-order valence-electron chi connectivity index (χ1n) is 15.6. The van der Waals surface area contributed by atoms with Crippen LogP contribution in [0.2, 0.25) is 0 Å². The largest absolute Gasteiger partial charge is 0.351 e. The summed E-state index contributed by atoms with van der Waals surface area (Å²) in [5.41, 5.74) is 0.989. The van der Waals surface area contributed by atoms with Gasteiger partial charge in [-0.1, -0.05) is 32.0 Å². The standard InChI is InChI=1S/C31H44N6O7S2/c1-21-7-5-6-8-25(21)37-13-12-36(18-28(37)39)46(43,44)19-31-11-9-22(30(31,2)3)15-26(31)35-29(40)24(10-14-45(4,41)42)34-27(38)16-23-17-32-20-33-23/h5-8,17,20,22,24,26H,9-16,18-19H2,1-4H3,(H,32,33)(H,34,38)(H,35,40)/t22?,24-,26?,31?/m0/s1. The van der Waals surface area contributed by atoms with Crippen LogP contribution in [-0.4, -0.2) is 98.3 Å². The molecule has 3 unspecified atom stereocenters. The SMILES string of the molecule is Cc1ccccc1N1CCN(S(=O)(=O)CC23CCC(CC2NC(=O)[C@H](CCS(C)(=O)=O)NC(=O)Cc2cnc[nH]2)C3(C)C)CC1=O. The number of nitrogens with zero attached hydrogens (tertiary/aromatic N) is 3. The van der Waals surface area contributed by atoms with Gasteiger partial charge in [-0.15, -0.1) is 0 Å². The minimum atomic E-state index is -3.92. The molecule has 3 aliphatic rings. The van der Waals surface area contributed by atoms with Gasteiger partial charge in [0.25, 0.3) is 0 Å². The first-order valence-corrected chi connectivity index (χ1v) is 19.3. The van der Waals surface area contributed by atoms with E-state index in [1.165, 1.54) is 16.8 Å². The van der Waals surface area contributed by atoms with E-state index in [-0.39, 0.29) is 55.8 Å². The van der Waals surface area contributed by atoms with Crippen molar-refractivity contribution in [3.63, 3.8) is 0 Å². The van der Waals surface area contributed by atoms with Gasteiger partial charge in [0.15, 0.2) is 0 Å². The van der Waals surface area contributed by atoms with Crippen LogP contribution in [0.1, 0.15) is 50.8 Å². The number of rotatable bonds is 12. The molecule has 3 amide bonds. The summed E-state index contributed by atoms with van der Waals surface area (Å²) in [4.78, 5) is 48.1. The second-order valence-electron chi connectivity index (χ2n) is 13.6. The summed E-state index contributed by atoms with van der Waals surface area (Å²) in [7, 11) is -7.35. The molecule has 13 nitrogen and oxygen atoms in total. The van der Waals surface area contributed by atoms with Gasteiger partial charge >= 0.3 is 0 Å². The molecule has 5 rings (SSSR count). The number of carbonyl (C=O) groups is 3. The average Bonchev–Trinajstić information content (AvgIpc) is 3.61. The highest BCUT2D eigenvalue weighted by molar-refractivity contribution is 7.90. The van der Waals surface area contributed by atoms with Gasteiger partial charge in [-0.3, -0.25) is 14.4 Å². The minimum Gasteiger partial charge on any atom is -0.351 e. The summed E-state index contributed by atoms with van der Waals surface area (Å²) in [6.07, 6.45) is 5.74. The number of hydrogen-bond donors (Lipinski definition) is 3. The number of aromatic nitrogens is 2. The Morgan fingerprint density at radius 3 is 2.52 bits per heavy atom. The molecule has 252 valence electrons. The molecular formula is C31H44N6O7S2. The van der Waals surface area contributed by atoms with Crippen molar-refractivity contribution in [1.29, 1.82) is 0 Å². The van der Waals surface area contributed by atoms with Crippen LogP contribution in [0.5, 0.6) is 0 Å². The van der Waals surface area contributed by atoms with Crippen LogP contribution in [0.25, 0.3) is 0 Å². The highest BCUT2D eigenvalue weighted by Crippen LogP contribution is 2.66. The van der Waals surface area contributed by atoms with Gasteiger partial charge in [0.05, 0.1) is 30.8 Å². The van der Waals surface area contributed by atoms with E-state index < -0.39 is 54.6 Å². The van der Waals surface area contributed by atoms with E-state index in [1.807, 2.05) is 45.0 Å². The van der Waals surface area contributed by atoms with Crippen molar-refractivity contribution >= 4 is 43.3 Å². The van der Waals surface area contributed by atoms with Crippen LogP contribution in [0.15, 0.2) is 36.8 Å². The van der Waals surface area contributed by atoms with E-state index in [4.69, 9.17) is 0 Å². The maximum absolute atomic E-state index is 14.1. The third-order valence-corrected chi connectivity index (χ3v) is 13.5. The van der Waals surface area contributed by atoms with Crippen molar-refractivity contribution in [2.75, 3.05) is 42.3 Å². The molecule has 2 aromatic rings. The van der Waals surface area contributed by atoms with E-state index in [1.54, 1.807) is 4.90 Å². The Labute approximate surface area is 270 Å². The van der Waals surface area contributed by atoms with Crippen LogP contribution < -0.4 is 15.5 Å². The first kappa shape index (κ1) is 34.0. The van der Waals surface area contributed by atoms with Crippen molar-refractivity contribution in [3.8, 4) is 0 Å². The predicted octanol–water partition coefficient (Wildman–Crippen LogP) is 1.17. The average molecular weight is 677 g/mol. The summed E-state index contributed by atoms with van der Waals surface area (Å²) in [5.74, 6) is -1.69. The number of carbonyl (C=O) groups excluding carboxylic acids is 3. The maximum atomic E-state index is 14.1. The normalized spacial score (nSPS) is 25.4. The number of sulfonamides is 1. The number of sulfone groups is 1. The zero-order valence-electron chi connectivity index (χ0n) is 26.8. The molecule has 0 radical (unpaired) electrons. The highest BCUT2D eigenvalue weighted by Gasteiger charge is 2.66. The van der Waals surface area contributed by atoms with Gasteiger partial charge in [0, 0.05) is 48.4 Å². The fourth-order valence-electron chi connectivity index (χ4n) is 7.72.